The van der Waals surface area contributed by atoms with Crippen molar-refractivity contribution in [2.45, 2.75) is 26.7 Å². The molecule has 7 heteroatoms. The van der Waals surface area contributed by atoms with Gasteiger partial charge in [-0.25, -0.2) is 4.79 Å². The summed E-state index contributed by atoms with van der Waals surface area (Å²) in [4.78, 5) is 14.1. The monoisotopic (exact) mass is 419 g/mol. The first-order valence-corrected chi connectivity index (χ1v) is 9.92. The number of rotatable bonds is 7. The van der Waals surface area contributed by atoms with Crippen LogP contribution in [0.3, 0.4) is 0 Å². The topological polar surface area (TPSA) is 53.6 Å². The second kappa shape index (κ2) is 10.3. The van der Waals surface area contributed by atoms with Crippen molar-refractivity contribution in [3.63, 3.8) is 0 Å². The first-order valence-electron chi connectivity index (χ1n) is 9.13. The van der Waals surface area contributed by atoms with Gasteiger partial charge in [0.1, 0.15) is 0 Å². The molecule has 0 fully saturated rings. The van der Waals surface area contributed by atoms with E-state index in [-0.39, 0.29) is 0 Å². The molecule has 0 bridgehead atoms. The van der Waals surface area contributed by atoms with Crippen molar-refractivity contribution < 1.29 is 9.53 Å². The lowest BCUT2D eigenvalue weighted by Crippen LogP contribution is -2.24. The van der Waals surface area contributed by atoms with Crippen molar-refractivity contribution in [2.24, 2.45) is 0 Å². The van der Waals surface area contributed by atoms with E-state index in [9.17, 15) is 4.79 Å². The van der Waals surface area contributed by atoms with Crippen LogP contribution < -0.4 is 15.5 Å². The van der Waals surface area contributed by atoms with Gasteiger partial charge in [0, 0.05) is 24.3 Å². The van der Waals surface area contributed by atoms with Gasteiger partial charge in [-0.3, -0.25) is 0 Å². The second-order valence-electron chi connectivity index (χ2n) is 6.54. The molecule has 28 heavy (non-hydrogen) atoms. The molecule has 0 saturated heterocycles. The van der Waals surface area contributed by atoms with E-state index >= 15 is 0 Å². The number of ether oxygens (including phenoxy) is 1. The van der Waals surface area contributed by atoms with E-state index in [1.54, 1.807) is 12.1 Å². The Morgan fingerprint density at radius 3 is 2.61 bits per heavy atom. The summed E-state index contributed by atoms with van der Waals surface area (Å²) in [6, 6.07) is 11.0. The number of halogens is 1. The maximum atomic E-state index is 11.9. The molecule has 150 valence electrons. The zero-order valence-electron chi connectivity index (χ0n) is 16.6. The highest BCUT2D eigenvalue weighted by Crippen LogP contribution is 2.28. The van der Waals surface area contributed by atoms with E-state index in [1.807, 2.05) is 38.2 Å². The molecule has 0 unspecified atom stereocenters. The van der Waals surface area contributed by atoms with Crippen LogP contribution in [0.5, 0.6) is 0 Å². The molecule has 0 atom stereocenters. The van der Waals surface area contributed by atoms with E-state index in [2.05, 4.69) is 22.5 Å². The molecule has 0 aliphatic rings. The maximum absolute atomic E-state index is 11.9. The SMILES string of the molecule is CCCCN(C)c1ccc(C(=O)OC)cc1NC(=S)Nc1ccc(Cl)c(C)c1. The summed E-state index contributed by atoms with van der Waals surface area (Å²) in [5, 5.41) is 7.49. The van der Waals surface area contributed by atoms with Gasteiger partial charge in [-0.1, -0.05) is 24.9 Å². The van der Waals surface area contributed by atoms with Gasteiger partial charge in [0.15, 0.2) is 5.11 Å². The minimum atomic E-state index is -0.391. The van der Waals surface area contributed by atoms with Crippen molar-refractivity contribution in [1.29, 1.82) is 0 Å². The van der Waals surface area contributed by atoms with Gasteiger partial charge >= 0.3 is 5.97 Å². The number of carbonyl (C=O) groups is 1. The van der Waals surface area contributed by atoms with Gasteiger partial charge in [-0.2, -0.15) is 0 Å². The number of hydrogen-bond acceptors (Lipinski definition) is 4. The van der Waals surface area contributed by atoms with Gasteiger partial charge in [-0.15, -0.1) is 0 Å². The van der Waals surface area contributed by atoms with E-state index in [0.29, 0.717) is 15.7 Å². The molecule has 0 aromatic heterocycles. The largest absolute Gasteiger partial charge is 0.465 e. The highest BCUT2D eigenvalue weighted by atomic mass is 35.5. The van der Waals surface area contributed by atoms with E-state index < -0.39 is 5.97 Å². The number of anilines is 3. The fourth-order valence-corrected chi connectivity index (χ4v) is 3.08. The third-order valence-electron chi connectivity index (χ3n) is 4.34. The number of hydrogen-bond donors (Lipinski definition) is 2. The molecule has 2 aromatic carbocycles. The quantitative estimate of drug-likeness (QED) is 0.457. The predicted octanol–water partition coefficient (Wildman–Crippen LogP) is 5.48. The standard InChI is InChI=1S/C21H26ClN3O2S/c1-5-6-11-25(3)19-10-7-15(20(26)27-4)13-18(19)24-21(28)23-16-8-9-17(22)14(2)12-16/h7-10,12-13H,5-6,11H2,1-4H3,(H2,23,24,28). The first kappa shape index (κ1) is 22.0. The summed E-state index contributed by atoms with van der Waals surface area (Å²) in [5.41, 5.74) is 3.96. The molecule has 0 radical (unpaired) electrons. The fraction of sp³-hybridized carbons (Fsp3) is 0.333. The number of thiocarbonyl (C=S) groups is 1. The smallest absolute Gasteiger partial charge is 0.337 e. The van der Waals surface area contributed by atoms with Crippen molar-refractivity contribution in [1.82, 2.24) is 0 Å². The second-order valence-corrected chi connectivity index (χ2v) is 7.36. The summed E-state index contributed by atoms with van der Waals surface area (Å²) in [7, 11) is 3.39. The lowest BCUT2D eigenvalue weighted by molar-refractivity contribution is 0.0601. The molecule has 2 rings (SSSR count). The molecule has 0 spiro atoms. The molecule has 0 amide bonds. The molecule has 0 heterocycles. The third-order valence-corrected chi connectivity index (χ3v) is 4.97. The van der Waals surface area contributed by atoms with Crippen molar-refractivity contribution in [3.05, 3.63) is 52.5 Å². The summed E-state index contributed by atoms with van der Waals surface area (Å²) >= 11 is 11.6. The molecular weight excluding hydrogens is 394 g/mol. The van der Waals surface area contributed by atoms with Crippen LogP contribution >= 0.6 is 23.8 Å². The molecule has 5 nitrogen and oxygen atoms in total. The minimum Gasteiger partial charge on any atom is -0.465 e. The van der Waals surface area contributed by atoms with E-state index in [1.165, 1.54) is 7.11 Å². The number of aryl methyl sites for hydroxylation is 1. The van der Waals surface area contributed by atoms with Crippen molar-refractivity contribution in [3.8, 4) is 0 Å². The Labute approximate surface area is 177 Å². The normalized spacial score (nSPS) is 10.3. The summed E-state index contributed by atoms with van der Waals surface area (Å²) in [5.74, 6) is -0.391. The highest BCUT2D eigenvalue weighted by Gasteiger charge is 2.14. The van der Waals surface area contributed by atoms with Crippen LogP contribution in [0.15, 0.2) is 36.4 Å². The highest BCUT2D eigenvalue weighted by molar-refractivity contribution is 7.80. The van der Waals surface area contributed by atoms with Gasteiger partial charge in [0.2, 0.25) is 0 Å². The van der Waals surface area contributed by atoms with Crippen LogP contribution in [0.4, 0.5) is 17.1 Å². The minimum absolute atomic E-state index is 0.391. The number of methoxy groups -OCH3 is 1. The van der Waals surface area contributed by atoms with Crippen LogP contribution in [0.25, 0.3) is 0 Å². The predicted molar refractivity (Wildman–Crippen MR) is 122 cm³/mol. The lowest BCUT2D eigenvalue weighted by Gasteiger charge is -2.24. The number of benzene rings is 2. The Balaban J connectivity index is 2.25. The Hall–Kier alpha value is -2.31. The molecule has 0 saturated carbocycles. The Morgan fingerprint density at radius 1 is 1.21 bits per heavy atom. The number of nitrogens with zero attached hydrogens (tertiary/aromatic N) is 1. The van der Waals surface area contributed by atoms with Crippen molar-refractivity contribution >= 4 is 52.0 Å². The average molecular weight is 420 g/mol. The summed E-state index contributed by atoms with van der Waals surface area (Å²) in [6.07, 6.45) is 2.17. The average Bonchev–Trinajstić information content (AvgIpc) is 2.68. The Bertz CT molecular complexity index is 858. The van der Waals surface area contributed by atoms with Gasteiger partial charge < -0.3 is 20.3 Å². The summed E-state index contributed by atoms with van der Waals surface area (Å²) in [6.45, 7) is 4.99. The number of esters is 1. The molecule has 2 aromatic rings. The summed E-state index contributed by atoms with van der Waals surface area (Å²) < 4.78 is 4.84. The van der Waals surface area contributed by atoms with Crippen molar-refractivity contribution in [2.75, 3.05) is 36.2 Å². The number of unbranched alkanes of at least 4 members (excludes halogenated alkanes) is 1. The van der Waals surface area contributed by atoms with E-state index in [0.717, 1.165) is 42.0 Å². The number of nitrogens with one attached hydrogen (secondary N) is 2. The number of carbonyl (C=O) groups excluding carboxylic acids is 1. The first-order chi connectivity index (χ1) is 13.3. The van der Waals surface area contributed by atoms with E-state index in [4.69, 9.17) is 28.6 Å². The third kappa shape index (κ3) is 5.84. The van der Waals surface area contributed by atoms with Gasteiger partial charge in [-0.05, 0) is 67.5 Å². The fourth-order valence-electron chi connectivity index (χ4n) is 2.74. The van der Waals surface area contributed by atoms with Gasteiger partial charge in [0.05, 0.1) is 24.0 Å². The van der Waals surface area contributed by atoms with Gasteiger partial charge in [0.25, 0.3) is 0 Å². The molecule has 2 N–H and O–H groups in total. The molecule has 0 aliphatic carbocycles. The zero-order chi connectivity index (χ0) is 20.7. The van der Waals surface area contributed by atoms with Crippen LogP contribution in [-0.4, -0.2) is 31.8 Å². The maximum Gasteiger partial charge on any atom is 0.337 e. The van der Waals surface area contributed by atoms with Crippen LogP contribution in [0, 0.1) is 6.92 Å². The Kier molecular flexibility index (Phi) is 8.08. The lowest BCUT2D eigenvalue weighted by atomic mass is 10.1. The van der Waals surface area contributed by atoms with Crippen LogP contribution in [0.2, 0.25) is 5.02 Å². The molecular formula is C21H26ClN3O2S. The van der Waals surface area contributed by atoms with Crippen LogP contribution in [-0.2, 0) is 4.74 Å². The zero-order valence-corrected chi connectivity index (χ0v) is 18.2. The molecule has 0 aliphatic heterocycles. The van der Waals surface area contributed by atoms with Crippen LogP contribution in [0.1, 0.15) is 35.7 Å². The Morgan fingerprint density at radius 2 is 1.96 bits per heavy atom.